The van der Waals surface area contributed by atoms with Gasteiger partial charge in [0.2, 0.25) is 5.95 Å². The minimum atomic E-state index is -0.506. The van der Waals surface area contributed by atoms with Crippen LogP contribution in [-0.4, -0.2) is 45.7 Å². The molecular formula is C27H27F2N7O. The van der Waals surface area contributed by atoms with Crippen molar-refractivity contribution >= 4 is 28.4 Å². The molecule has 10 heteroatoms. The first-order valence-electron chi connectivity index (χ1n) is 12.6. The standard InChI is InChI=1S/C27H27F2N7O/c1-2-36-25-18(11-20(26(36)37)24-22(29)12-17(14-31-24)16-3-4-16)15-32-27(34-25)33-19-5-6-23(21(28)13-19)35-9-7-30-8-10-35/h5-6,11-16,30H,2-4,7-10H2,1H3,(H,32,33,34). The van der Waals surface area contributed by atoms with Gasteiger partial charge in [0.25, 0.3) is 5.56 Å². The second-order valence-corrected chi connectivity index (χ2v) is 9.48. The maximum atomic E-state index is 14.9. The molecule has 3 aromatic heterocycles. The summed E-state index contributed by atoms with van der Waals surface area (Å²) in [6.07, 6.45) is 5.31. The molecule has 4 heterocycles. The van der Waals surface area contributed by atoms with Gasteiger partial charge in [0, 0.05) is 56.2 Å². The Morgan fingerprint density at radius 2 is 1.86 bits per heavy atom. The van der Waals surface area contributed by atoms with Gasteiger partial charge in [-0.15, -0.1) is 0 Å². The normalized spacial score (nSPS) is 15.8. The summed E-state index contributed by atoms with van der Waals surface area (Å²) in [6, 6.07) is 8.01. The molecule has 37 heavy (non-hydrogen) atoms. The fourth-order valence-electron chi connectivity index (χ4n) is 4.85. The Bertz CT molecular complexity index is 1540. The highest BCUT2D eigenvalue weighted by Crippen LogP contribution is 2.40. The molecule has 1 aliphatic heterocycles. The van der Waals surface area contributed by atoms with Crippen molar-refractivity contribution in [3.8, 4) is 11.3 Å². The Morgan fingerprint density at radius 3 is 2.57 bits per heavy atom. The lowest BCUT2D eigenvalue weighted by atomic mass is 10.1. The number of nitrogens with one attached hydrogen (secondary N) is 2. The van der Waals surface area contributed by atoms with Crippen LogP contribution < -0.4 is 21.1 Å². The van der Waals surface area contributed by atoms with E-state index >= 15 is 0 Å². The lowest BCUT2D eigenvalue weighted by molar-refractivity contribution is 0.566. The van der Waals surface area contributed by atoms with Gasteiger partial charge in [-0.25, -0.2) is 13.8 Å². The molecular weight excluding hydrogens is 476 g/mol. The van der Waals surface area contributed by atoms with Crippen molar-refractivity contribution in [3.05, 3.63) is 70.3 Å². The molecule has 1 saturated heterocycles. The van der Waals surface area contributed by atoms with E-state index in [1.807, 2.05) is 11.8 Å². The number of aryl methyl sites for hydroxylation is 1. The molecule has 6 rings (SSSR count). The van der Waals surface area contributed by atoms with Gasteiger partial charge in [0.1, 0.15) is 23.0 Å². The monoisotopic (exact) mass is 503 g/mol. The number of hydrogen-bond acceptors (Lipinski definition) is 7. The quantitative estimate of drug-likeness (QED) is 0.408. The number of halogens is 2. The van der Waals surface area contributed by atoms with Crippen LogP contribution in [0.15, 0.2) is 47.5 Å². The summed E-state index contributed by atoms with van der Waals surface area (Å²) < 4.78 is 31.3. The Kier molecular flexibility index (Phi) is 6.03. The zero-order valence-corrected chi connectivity index (χ0v) is 20.5. The van der Waals surface area contributed by atoms with E-state index in [2.05, 4.69) is 25.6 Å². The van der Waals surface area contributed by atoms with Crippen molar-refractivity contribution < 1.29 is 8.78 Å². The van der Waals surface area contributed by atoms with E-state index in [0.717, 1.165) is 44.6 Å². The summed E-state index contributed by atoms with van der Waals surface area (Å²) >= 11 is 0. The average Bonchev–Trinajstić information content (AvgIpc) is 3.75. The lowest BCUT2D eigenvalue weighted by Gasteiger charge is -2.29. The molecule has 1 aromatic carbocycles. The first-order chi connectivity index (χ1) is 18.0. The molecule has 0 unspecified atom stereocenters. The first kappa shape index (κ1) is 23.5. The van der Waals surface area contributed by atoms with Crippen LogP contribution in [0.25, 0.3) is 22.3 Å². The summed E-state index contributed by atoms with van der Waals surface area (Å²) in [5.41, 5.74) is 2.15. The van der Waals surface area contributed by atoms with Gasteiger partial charge in [-0.2, -0.15) is 4.98 Å². The number of fused-ring (bicyclic) bond motifs is 1. The van der Waals surface area contributed by atoms with Crippen molar-refractivity contribution in [2.24, 2.45) is 0 Å². The number of anilines is 3. The van der Waals surface area contributed by atoms with Crippen LogP contribution in [0.1, 0.15) is 31.2 Å². The number of rotatable bonds is 6. The maximum absolute atomic E-state index is 14.9. The van der Waals surface area contributed by atoms with Crippen LogP contribution in [0.5, 0.6) is 0 Å². The molecule has 1 saturated carbocycles. The molecule has 1 aliphatic carbocycles. The minimum Gasteiger partial charge on any atom is -0.367 e. The molecule has 0 bridgehead atoms. The van der Waals surface area contributed by atoms with Crippen LogP contribution in [0, 0.1) is 11.6 Å². The first-order valence-corrected chi connectivity index (χ1v) is 12.6. The van der Waals surface area contributed by atoms with Gasteiger partial charge in [0.15, 0.2) is 0 Å². The largest absolute Gasteiger partial charge is 0.367 e. The Morgan fingerprint density at radius 1 is 1.05 bits per heavy atom. The predicted octanol–water partition coefficient (Wildman–Crippen LogP) is 4.18. The third-order valence-electron chi connectivity index (χ3n) is 6.97. The fourth-order valence-corrected chi connectivity index (χ4v) is 4.85. The van der Waals surface area contributed by atoms with Gasteiger partial charge < -0.3 is 15.5 Å². The molecule has 2 N–H and O–H groups in total. The topological polar surface area (TPSA) is 88.0 Å². The van der Waals surface area contributed by atoms with E-state index in [0.29, 0.717) is 34.9 Å². The highest BCUT2D eigenvalue weighted by atomic mass is 19.1. The van der Waals surface area contributed by atoms with Crippen LogP contribution >= 0.6 is 0 Å². The van der Waals surface area contributed by atoms with Gasteiger partial charge in [-0.1, -0.05) is 0 Å². The van der Waals surface area contributed by atoms with E-state index in [1.165, 1.54) is 16.7 Å². The molecule has 190 valence electrons. The Labute approximate surface area is 212 Å². The van der Waals surface area contributed by atoms with Crippen LogP contribution in [-0.2, 0) is 6.54 Å². The summed E-state index contributed by atoms with van der Waals surface area (Å²) in [6.45, 7) is 5.29. The van der Waals surface area contributed by atoms with E-state index in [-0.39, 0.29) is 28.6 Å². The predicted molar refractivity (Wildman–Crippen MR) is 139 cm³/mol. The zero-order chi connectivity index (χ0) is 25.5. The van der Waals surface area contributed by atoms with Crippen molar-refractivity contribution in [3.63, 3.8) is 0 Å². The summed E-state index contributed by atoms with van der Waals surface area (Å²) in [4.78, 5) is 28.5. The second-order valence-electron chi connectivity index (χ2n) is 9.48. The van der Waals surface area contributed by atoms with Crippen molar-refractivity contribution in [2.45, 2.75) is 32.2 Å². The summed E-state index contributed by atoms with van der Waals surface area (Å²) in [7, 11) is 0. The van der Waals surface area contributed by atoms with Crippen molar-refractivity contribution in [1.29, 1.82) is 0 Å². The zero-order valence-electron chi connectivity index (χ0n) is 20.5. The van der Waals surface area contributed by atoms with Crippen molar-refractivity contribution in [2.75, 3.05) is 36.4 Å². The van der Waals surface area contributed by atoms with Crippen LogP contribution in [0.4, 0.5) is 26.1 Å². The number of piperazine rings is 1. The number of benzene rings is 1. The second kappa shape index (κ2) is 9.51. The van der Waals surface area contributed by atoms with Crippen LogP contribution in [0.2, 0.25) is 0 Å². The number of aromatic nitrogens is 4. The van der Waals surface area contributed by atoms with Gasteiger partial charge in [-0.05, 0) is 61.6 Å². The minimum absolute atomic E-state index is 0.0285. The molecule has 4 aromatic rings. The number of hydrogen-bond donors (Lipinski definition) is 2. The molecule has 8 nitrogen and oxygen atoms in total. The van der Waals surface area contributed by atoms with Crippen molar-refractivity contribution in [1.82, 2.24) is 24.8 Å². The lowest BCUT2D eigenvalue weighted by Crippen LogP contribution is -2.43. The summed E-state index contributed by atoms with van der Waals surface area (Å²) in [5, 5.41) is 6.87. The number of nitrogens with zero attached hydrogens (tertiary/aromatic N) is 5. The fraction of sp³-hybridized carbons (Fsp3) is 0.333. The van der Waals surface area contributed by atoms with E-state index in [4.69, 9.17) is 0 Å². The Balaban J connectivity index is 1.32. The third-order valence-corrected chi connectivity index (χ3v) is 6.97. The van der Waals surface area contributed by atoms with Crippen LogP contribution in [0.3, 0.4) is 0 Å². The summed E-state index contributed by atoms with van der Waals surface area (Å²) in [5.74, 6) is -0.237. The highest BCUT2D eigenvalue weighted by molar-refractivity contribution is 5.81. The average molecular weight is 504 g/mol. The van der Waals surface area contributed by atoms with Gasteiger partial charge in [-0.3, -0.25) is 14.3 Å². The molecule has 0 spiro atoms. The van der Waals surface area contributed by atoms with Gasteiger partial charge >= 0.3 is 0 Å². The molecule has 0 amide bonds. The Hall–Kier alpha value is -3.92. The van der Waals surface area contributed by atoms with E-state index < -0.39 is 5.82 Å². The molecule has 0 atom stereocenters. The van der Waals surface area contributed by atoms with Gasteiger partial charge in [0.05, 0.1) is 11.3 Å². The highest BCUT2D eigenvalue weighted by Gasteiger charge is 2.26. The molecule has 0 radical (unpaired) electrons. The smallest absolute Gasteiger partial charge is 0.261 e. The number of pyridine rings is 2. The van der Waals surface area contributed by atoms with E-state index in [1.54, 1.807) is 30.6 Å². The SMILES string of the molecule is CCn1c(=O)c(-c2ncc(C3CC3)cc2F)cc2cnc(Nc3ccc(N4CCNCC4)c(F)c3)nc21. The third kappa shape index (κ3) is 4.53. The molecule has 2 aliphatic rings. The molecule has 2 fully saturated rings. The van der Waals surface area contributed by atoms with E-state index in [9.17, 15) is 13.6 Å². The maximum Gasteiger partial charge on any atom is 0.261 e.